The smallest absolute Gasteiger partial charge is 0.0571 e. The Kier molecular flexibility index (Phi) is 5.18. The number of aryl methyl sites for hydroxylation is 1. The molecule has 2 rings (SSSR count). The molecule has 0 aliphatic heterocycles. The molecular weight excluding hydrogens is 248 g/mol. The Morgan fingerprint density at radius 2 is 1.90 bits per heavy atom. The normalized spacial score (nSPS) is 11.0. The number of para-hydroxylation sites is 1. The summed E-state index contributed by atoms with van der Waals surface area (Å²) in [6, 6.07) is 10.6. The highest BCUT2D eigenvalue weighted by molar-refractivity contribution is 5.51. The first-order valence-electron chi connectivity index (χ1n) is 7.25. The molecule has 4 heteroatoms. The summed E-state index contributed by atoms with van der Waals surface area (Å²) in [4.78, 5) is 2.42. The van der Waals surface area contributed by atoms with E-state index in [1.165, 1.54) is 16.9 Å². The Morgan fingerprint density at radius 3 is 2.55 bits per heavy atom. The van der Waals surface area contributed by atoms with Crippen molar-refractivity contribution in [3.63, 3.8) is 0 Å². The van der Waals surface area contributed by atoms with Crippen LogP contribution in [-0.2, 0) is 20.1 Å². The van der Waals surface area contributed by atoms with Crippen molar-refractivity contribution in [2.24, 2.45) is 7.05 Å². The lowest BCUT2D eigenvalue weighted by Crippen LogP contribution is -2.22. The number of anilines is 1. The van der Waals surface area contributed by atoms with E-state index >= 15 is 0 Å². The van der Waals surface area contributed by atoms with Crippen LogP contribution in [0, 0.1) is 0 Å². The quantitative estimate of drug-likeness (QED) is 0.841. The minimum absolute atomic E-state index is 0.797. The maximum Gasteiger partial charge on any atom is 0.0571 e. The molecule has 1 aromatic carbocycles. The zero-order valence-corrected chi connectivity index (χ0v) is 12.6. The summed E-state index contributed by atoms with van der Waals surface area (Å²) in [5.74, 6) is 0. The second-order valence-electron chi connectivity index (χ2n) is 4.92. The van der Waals surface area contributed by atoms with E-state index in [0.717, 1.165) is 26.2 Å². The van der Waals surface area contributed by atoms with Crippen LogP contribution in [0.3, 0.4) is 0 Å². The molecule has 0 unspecified atom stereocenters. The lowest BCUT2D eigenvalue weighted by Gasteiger charge is -2.20. The highest BCUT2D eigenvalue weighted by Crippen LogP contribution is 2.18. The van der Waals surface area contributed by atoms with Gasteiger partial charge in [-0.05, 0) is 30.8 Å². The summed E-state index contributed by atoms with van der Waals surface area (Å²) in [6.07, 6.45) is 1.83. The number of hydrogen-bond acceptors (Lipinski definition) is 3. The number of nitrogens with zero attached hydrogens (tertiary/aromatic N) is 3. The van der Waals surface area contributed by atoms with Gasteiger partial charge >= 0.3 is 0 Å². The van der Waals surface area contributed by atoms with Crippen LogP contribution in [-0.4, -0.2) is 27.8 Å². The zero-order chi connectivity index (χ0) is 14.4. The molecule has 0 amide bonds. The molecule has 108 valence electrons. The van der Waals surface area contributed by atoms with E-state index in [2.05, 4.69) is 53.4 Å². The molecule has 0 fully saturated rings. The molecule has 0 radical (unpaired) electrons. The number of rotatable bonds is 7. The SMILES string of the molecule is CCN(CC)Cc1ccccc1NCc1ccnn1C. The van der Waals surface area contributed by atoms with Crippen molar-refractivity contribution >= 4 is 5.69 Å². The van der Waals surface area contributed by atoms with Crippen LogP contribution in [0.5, 0.6) is 0 Å². The first-order valence-corrected chi connectivity index (χ1v) is 7.25. The van der Waals surface area contributed by atoms with Crippen LogP contribution in [0.4, 0.5) is 5.69 Å². The molecule has 4 nitrogen and oxygen atoms in total. The van der Waals surface area contributed by atoms with E-state index in [9.17, 15) is 0 Å². The molecule has 0 bridgehead atoms. The first kappa shape index (κ1) is 14.6. The summed E-state index contributed by atoms with van der Waals surface area (Å²) < 4.78 is 1.90. The zero-order valence-electron chi connectivity index (χ0n) is 12.6. The van der Waals surface area contributed by atoms with Gasteiger partial charge in [-0.1, -0.05) is 32.0 Å². The third-order valence-corrected chi connectivity index (χ3v) is 3.69. The van der Waals surface area contributed by atoms with Crippen molar-refractivity contribution in [3.8, 4) is 0 Å². The molecule has 1 aromatic heterocycles. The van der Waals surface area contributed by atoms with Crippen LogP contribution in [0.25, 0.3) is 0 Å². The molecule has 2 aromatic rings. The van der Waals surface area contributed by atoms with Gasteiger partial charge in [0.25, 0.3) is 0 Å². The summed E-state index contributed by atoms with van der Waals surface area (Å²) in [5.41, 5.74) is 3.74. The Bertz CT molecular complexity index is 529. The summed E-state index contributed by atoms with van der Waals surface area (Å²) in [5, 5.41) is 7.72. The summed E-state index contributed by atoms with van der Waals surface area (Å²) in [7, 11) is 1.97. The standard InChI is InChI=1S/C16H24N4/c1-4-20(5-2)13-14-8-6-7-9-16(14)17-12-15-10-11-18-19(15)3/h6-11,17H,4-5,12-13H2,1-3H3. The van der Waals surface area contributed by atoms with Gasteiger partial charge in [-0.3, -0.25) is 9.58 Å². The number of aromatic nitrogens is 2. The van der Waals surface area contributed by atoms with Crippen molar-refractivity contribution in [2.75, 3.05) is 18.4 Å². The molecule has 0 spiro atoms. The van der Waals surface area contributed by atoms with Gasteiger partial charge in [0.2, 0.25) is 0 Å². The highest BCUT2D eigenvalue weighted by atomic mass is 15.3. The topological polar surface area (TPSA) is 33.1 Å². The monoisotopic (exact) mass is 272 g/mol. The number of nitrogens with one attached hydrogen (secondary N) is 1. The second kappa shape index (κ2) is 7.10. The third-order valence-electron chi connectivity index (χ3n) is 3.69. The summed E-state index contributed by atoms with van der Waals surface area (Å²) in [6.45, 7) is 8.34. The maximum absolute atomic E-state index is 4.19. The molecular formula is C16H24N4. The molecule has 0 saturated heterocycles. The molecule has 0 atom stereocenters. The van der Waals surface area contributed by atoms with Gasteiger partial charge < -0.3 is 5.32 Å². The summed E-state index contributed by atoms with van der Waals surface area (Å²) >= 11 is 0. The van der Waals surface area contributed by atoms with E-state index in [4.69, 9.17) is 0 Å². The molecule has 0 aliphatic carbocycles. The maximum atomic E-state index is 4.19. The van der Waals surface area contributed by atoms with Gasteiger partial charge in [-0.15, -0.1) is 0 Å². The minimum Gasteiger partial charge on any atom is -0.379 e. The average molecular weight is 272 g/mol. The van der Waals surface area contributed by atoms with Crippen LogP contribution >= 0.6 is 0 Å². The van der Waals surface area contributed by atoms with E-state index < -0.39 is 0 Å². The van der Waals surface area contributed by atoms with Crippen LogP contribution in [0.2, 0.25) is 0 Å². The lowest BCUT2D eigenvalue weighted by molar-refractivity contribution is 0.296. The van der Waals surface area contributed by atoms with Crippen molar-refractivity contribution in [2.45, 2.75) is 26.9 Å². The fourth-order valence-electron chi connectivity index (χ4n) is 2.28. The van der Waals surface area contributed by atoms with Gasteiger partial charge in [0.1, 0.15) is 0 Å². The van der Waals surface area contributed by atoms with E-state index in [1.54, 1.807) is 0 Å². The Hall–Kier alpha value is -1.81. The fourth-order valence-corrected chi connectivity index (χ4v) is 2.28. The van der Waals surface area contributed by atoms with E-state index in [-0.39, 0.29) is 0 Å². The molecule has 0 saturated carbocycles. The van der Waals surface area contributed by atoms with Gasteiger partial charge in [-0.25, -0.2) is 0 Å². The van der Waals surface area contributed by atoms with E-state index in [0.29, 0.717) is 0 Å². The largest absolute Gasteiger partial charge is 0.379 e. The molecule has 20 heavy (non-hydrogen) atoms. The third kappa shape index (κ3) is 3.61. The van der Waals surface area contributed by atoms with Crippen molar-refractivity contribution < 1.29 is 0 Å². The Balaban J connectivity index is 2.06. The fraction of sp³-hybridized carbons (Fsp3) is 0.438. The van der Waals surface area contributed by atoms with Crippen molar-refractivity contribution in [3.05, 3.63) is 47.8 Å². The van der Waals surface area contributed by atoms with Crippen molar-refractivity contribution in [1.82, 2.24) is 14.7 Å². The highest BCUT2D eigenvalue weighted by Gasteiger charge is 2.06. The second-order valence-corrected chi connectivity index (χ2v) is 4.92. The van der Waals surface area contributed by atoms with Crippen molar-refractivity contribution in [1.29, 1.82) is 0 Å². The van der Waals surface area contributed by atoms with Crippen LogP contribution in [0.1, 0.15) is 25.1 Å². The molecule has 1 heterocycles. The average Bonchev–Trinajstić information content (AvgIpc) is 2.89. The number of hydrogen-bond donors (Lipinski definition) is 1. The van der Waals surface area contributed by atoms with Crippen LogP contribution < -0.4 is 5.32 Å². The number of benzene rings is 1. The predicted molar refractivity (Wildman–Crippen MR) is 83.6 cm³/mol. The van der Waals surface area contributed by atoms with Gasteiger partial charge in [0.05, 0.1) is 12.2 Å². The van der Waals surface area contributed by atoms with Gasteiger partial charge in [-0.2, -0.15) is 5.10 Å². The van der Waals surface area contributed by atoms with Gasteiger partial charge in [0, 0.05) is 25.5 Å². The Labute approximate surface area is 121 Å². The Morgan fingerprint density at radius 1 is 1.15 bits per heavy atom. The lowest BCUT2D eigenvalue weighted by atomic mass is 10.1. The molecule has 1 N–H and O–H groups in total. The van der Waals surface area contributed by atoms with Gasteiger partial charge in [0.15, 0.2) is 0 Å². The van der Waals surface area contributed by atoms with E-state index in [1.807, 2.05) is 24.0 Å². The van der Waals surface area contributed by atoms with Crippen LogP contribution in [0.15, 0.2) is 36.5 Å². The first-order chi connectivity index (χ1) is 9.74. The predicted octanol–water partition coefficient (Wildman–Crippen LogP) is 2.87. The molecule has 0 aliphatic rings. The minimum atomic E-state index is 0.797.